The molecule has 4 bridgehead atoms. The number of carbonyl (C=O) groups excluding carboxylic acids is 9. The van der Waals surface area contributed by atoms with Gasteiger partial charge in [0, 0.05) is 5.41 Å². The summed E-state index contributed by atoms with van der Waals surface area (Å²) in [6, 6.07) is 28.8. The van der Waals surface area contributed by atoms with Gasteiger partial charge in [-0.25, -0.2) is 28.8 Å². The van der Waals surface area contributed by atoms with Crippen LogP contribution in [0.4, 0.5) is 13.2 Å². The topological polar surface area (TPSA) is 237 Å². The van der Waals surface area contributed by atoms with E-state index in [0.29, 0.717) is 59.3 Å². The summed E-state index contributed by atoms with van der Waals surface area (Å²) >= 11 is 0. The van der Waals surface area contributed by atoms with Gasteiger partial charge in [0.15, 0.2) is 13.2 Å². The predicted molar refractivity (Wildman–Crippen MR) is 480 cm³/mol. The van der Waals surface area contributed by atoms with Gasteiger partial charge in [0.25, 0.3) is 0 Å². The van der Waals surface area contributed by atoms with E-state index in [1.54, 1.807) is 46.8 Å². The van der Waals surface area contributed by atoms with E-state index in [2.05, 4.69) is 67.5 Å². The zero-order valence-electron chi connectivity index (χ0n) is 79.1. The quantitative estimate of drug-likeness (QED) is 0.0268. The fraction of sp³-hybridized carbons (Fsp3) is 0.683. The first kappa shape index (κ1) is 104. The van der Waals surface area contributed by atoms with E-state index >= 15 is 0 Å². The molecule has 0 saturated heterocycles. The second kappa shape index (κ2) is 46.8. The molecule has 8 aliphatic rings. The molecule has 4 aromatic carbocycles. The molecular formula is C104H151F3O18. The molecule has 0 amide bonds. The van der Waals surface area contributed by atoms with Gasteiger partial charge in [-0.3, -0.25) is 14.4 Å². The van der Waals surface area contributed by atoms with Gasteiger partial charge < -0.3 is 42.6 Å². The van der Waals surface area contributed by atoms with Crippen molar-refractivity contribution in [2.75, 3.05) is 26.4 Å². The second-order valence-corrected chi connectivity index (χ2v) is 39.6. The maximum Gasteiger partial charge on any atom is 0.398 e. The van der Waals surface area contributed by atoms with E-state index < -0.39 is 88.1 Å². The van der Waals surface area contributed by atoms with Crippen molar-refractivity contribution in [2.24, 2.45) is 40.4 Å². The number of hydrogen-bond donors (Lipinski definition) is 0. The van der Waals surface area contributed by atoms with Crippen molar-refractivity contribution < 1.29 is 99.0 Å². The zero-order chi connectivity index (χ0) is 92.4. The molecule has 6 unspecified atom stereocenters. The highest BCUT2D eigenvalue weighted by Crippen LogP contribution is 2.64. The average molecular weight is 1750 g/mol. The third-order valence-electron chi connectivity index (χ3n) is 28.6. The van der Waals surface area contributed by atoms with Gasteiger partial charge in [-0.1, -0.05) is 143 Å². The second-order valence-electron chi connectivity index (χ2n) is 39.6. The van der Waals surface area contributed by atoms with Crippen LogP contribution in [0.1, 0.15) is 412 Å². The summed E-state index contributed by atoms with van der Waals surface area (Å²) in [7, 11) is 0. The lowest BCUT2D eigenvalue weighted by Gasteiger charge is -2.61. The van der Waals surface area contributed by atoms with Crippen LogP contribution >= 0.6 is 0 Å². The Bertz CT molecular complexity index is 4100. The lowest BCUT2D eigenvalue weighted by Crippen LogP contribution is -2.57. The van der Waals surface area contributed by atoms with Crippen molar-refractivity contribution in [2.45, 2.75) is 388 Å². The Morgan fingerprint density at radius 3 is 1.26 bits per heavy atom. The number of halogens is 3. The number of rotatable bonds is 30. The Hall–Kier alpha value is -8.10. The highest BCUT2D eigenvalue weighted by molar-refractivity contribution is 5.92. The van der Waals surface area contributed by atoms with Gasteiger partial charge >= 0.3 is 59.9 Å². The molecule has 0 N–H and O–H groups in total. The Labute approximate surface area is 745 Å². The standard InChI is InChI=1S/C31H48O8.C19H25F3O2.C19H28O2.C18H26O2.C17H24O4/c1-6-29(2,3)28(35)37-12-11-36-26(33)23-9-7-8-10-24(23)27(34)38-19-25(32)39-30(4,5)31-16-20-13-21(17-31)15-22(14-20)18-31;1-4-17(3,19(20,21)22)15-10-8-14(9-11-15)16(23)24-18(5-2)12-6-7-13-18;1-4-15(3)16-10-9-11-17(14-16)18(20)21-19(5-2)12-7-6-8-13-19;1-4-14(2)15-9-8-10-16(13-15)17(19)20-18(3)11-6-5-7-12-18;1-6-12(2)13-7-9-14(10-8-13)16(19)20-11-15(18)21-17(3,4)5/h20-24H,6-19H2,1-5H3;8-11H,4-7,12-13H2,1-3H3;9-11,14-15H,4-8,12-13H2,1-3H3;8-10,13-14H,4-7,11-12H2,1-3H3;7-10,12H,6,11H2,1-5H3. The summed E-state index contributed by atoms with van der Waals surface area (Å²) < 4.78 is 89.4. The summed E-state index contributed by atoms with van der Waals surface area (Å²) in [6.07, 6.45) is 26.1. The maximum absolute atomic E-state index is 13.3. The lowest BCUT2D eigenvalue weighted by atomic mass is 9.46. The molecule has 12 rings (SSSR count). The normalized spacial score (nSPS) is 22.1. The van der Waals surface area contributed by atoms with Crippen molar-refractivity contribution >= 4 is 53.7 Å². The number of esters is 9. The molecule has 0 aromatic heterocycles. The summed E-state index contributed by atoms with van der Waals surface area (Å²) in [5, 5.41) is 0. The van der Waals surface area contributed by atoms with Crippen molar-refractivity contribution in [1.29, 1.82) is 0 Å². The van der Waals surface area contributed by atoms with E-state index in [1.807, 2.05) is 76.2 Å². The minimum absolute atomic E-state index is 0.0141. The SMILES string of the molecule is CCC(C)(C)C(=O)OCCOC(=O)C1CCCCC1C(=O)OCC(=O)OC(C)(C)C12CC3CC(CC(C3)C1)C2.CCC(C)c1ccc(C(=O)OCC(=O)OC(C)(C)C)cc1.CCC(C)c1cccc(C(=O)OC2(C)CCCCC2)c1.CCC(C)c1cccc(C(=O)OC2(CC)CCCCC2)c1.CCC1(OC(=O)c2ccc(C(C)(CC)C(F)(F)F)cc2)CCCC1. The zero-order valence-corrected chi connectivity index (χ0v) is 79.1. The van der Waals surface area contributed by atoms with Gasteiger partial charge in [-0.05, 0) is 342 Å². The maximum atomic E-state index is 13.3. The molecular weight excluding hydrogens is 1590 g/mol. The van der Waals surface area contributed by atoms with Crippen LogP contribution in [0.2, 0.25) is 0 Å². The minimum atomic E-state index is -4.33. The van der Waals surface area contributed by atoms with Crippen LogP contribution in [-0.2, 0) is 72.0 Å². The molecule has 21 heteroatoms. The summed E-state index contributed by atoms with van der Waals surface area (Å²) in [5.41, 5.74) is 1.35. The number of hydrogen-bond acceptors (Lipinski definition) is 18. The van der Waals surface area contributed by atoms with Gasteiger partial charge in [-0.2, -0.15) is 13.2 Å². The van der Waals surface area contributed by atoms with E-state index in [-0.39, 0.29) is 66.3 Å². The van der Waals surface area contributed by atoms with Crippen molar-refractivity contribution in [3.63, 3.8) is 0 Å². The van der Waals surface area contributed by atoms with E-state index in [4.69, 9.17) is 42.6 Å². The third kappa shape index (κ3) is 29.7. The third-order valence-corrected chi connectivity index (χ3v) is 28.6. The number of ether oxygens (including phenoxy) is 9. The highest BCUT2D eigenvalue weighted by Gasteiger charge is 2.59. The number of benzene rings is 4. The summed E-state index contributed by atoms with van der Waals surface area (Å²) in [5.74, 6) is -1.40. The summed E-state index contributed by atoms with van der Waals surface area (Å²) in [6.45, 7) is 35.8. The van der Waals surface area contributed by atoms with Crippen LogP contribution in [0.3, 0.4) is 0 Å². The van der Waals surface area contributed by atoms with Crippen LogP contribution < -0.4 is 0 Å². The van der Waals surface area contributed by atoms with Crippen LogP contribution in [0.25, 0.3) is 0 Å². The largest absolute Gasteiger partial charge is 0.462 e. The van der Waals surface area contributed by atoms with Gasteiger partial charge in [0.2, 0.25) is 0 Å². The molecule has 0 aliphatic heterocycles. The molecule has 125 heavy (non-hydrogen) atoms. The molecule has 18 nitrogen and oxygen atoms in total. The van der Waals surface area contributed by atoms with Crippen molar-refractivity contribution in [3.8, 4) is 0 Å². The smallest absolute Gasteiger partial charge is 0.398 e. The van der Waals surface area contributed by atoms with Gasteiger partial charge in [0.05, 0.1) is 44.9 Å². The fourth-order valence-electron chi connectivity index (χ4n) is 19.1. The first-order chi connectivity index (χ1) is 58.9. The molecule has 696 valence electrons. The van der Waals surface area contributed by atoms with Crippen molar-refractivity contribution in [3.05, 3.63) is 142 Å². The molecule has 8 fully saturated rings. The van der Waals surface area contributed by atoms with Crippen LogP contribution in [0.5, 0.6) is 0 Å². The fourth-order valence-corrected chi connectivity index (χ4v) is 19.1. The lowest BCUT2D eigenvalue weighted by molar-refractivity contribution is -0.203. The first-order valence-corrected chi connectivity index (χ1v) is 47.2. The Morgan fingerprint density at radius 2 is 0.824 bits per heavy atom. The van der Waals surface area contributed by atoms with Crippen molar-refractivity contribution in [1.82, 2.24) is 0 Å². The van der Waals surface area contributed by atoms with E-state index in [1.165, 1.54) is 99.7 Å². The van der Waals surface area contributed by atoms with E-state index in [0.717, 1.165) is 146 Å². The Kier molecular flexibility index (Phi) is 38.9. The predicted octanol–water partition coefficient (Wildman–Crippen LogP) is 25.4. The average Bonchev–Trinajstić information content (AvgIpc) is 0.751. The Morgan fingerprint density at radius 1 is 0.424 bits per heavy atom. The Balaban J connectivity index is 0.000000221. The highest BCUT2D eigenvalue weighted by atomic mass is 19.4. The molecule has 0 heterocycles. The minimum Gasteiger partial charge on any atom is -0.462 e. The van der Waals surface area contributed by atoms with Crippen LogP contribution in [-0.4, -0.2) is 114 Å². The molecule has 0 radical (unpaired) electrons. The van der Waals surface area contributed by atoms with Gasteiger partial charge in [0.1, 0.15) is 41.2 Å². The molecule has 0 spiro atoms. The number of alkyl halides is 3. The molecule has 8 aliphatic carbocycles. The van der Waals surface area contributed by atoms with Crippen LogP contribution in [0.15, 0.2) is 97.1 Å². The van der Waals surface area contributed by atoms with Crippen LogP contribution in [0, 0.1) is 40.4 Å². The molecule has 6 atom stereocenters. The van der Waals surface area contributed by atoms with Gasteiger partial charge in [-0.15, -0.1) is 0 Å². The number of carbonyl (C=O) groups is 9. The molecule has 4 aromatic rings. The van der Waals surface area contributed by atoms with E-state index in [9.17, 15) is 56.3 Å². The summed E-state index contributed by atoms with van der Waals surface area (Å²) in [4.78, 5) is 111. The first-order valence-electron chi connectivity index (χ1n) is 47.2. The monoisotopic (exact) mass is 1750 g/mol. The molecule has 8 saturated carbocycles.